The van der Waals surface area contributed by atoms with E-state index in [0.717, 1.165) is 16.8 Å². The van der Waals surface area contributed by atoms with Crippen molar-refractivity contribution in [2.75, 3.05) is 38.0 Å². The number of nitrogens with zero attached hydrogens (tertiary/aromatic N) is 4. The predicted octanol–water partition coefficient (Wildman–Crippen LogP) is 0.982. The standard InChI is InChI=1S/C18H25N5O3S/c1-14-5-4-6-17(15(14)2)20-18(24)13-22-7-9-23(10-8-22)27(25,26)16-11-19-21(3)12-16/h4-6,11-12H,7-10,13H2,1-3H3,(H,20,24). The van der Waals surface area contributed by atoms with Crippen molar-refractivity contribution in [1.29, 1.82) is 0 Å². The van der Waals surface area contributed by atoms with Gasteiger partial charge in [0.15, 0.2) is 0 Å². The molecule has 0 spiro atoms. The first-order chi connectivity index (χ1) is 12.8. The van der Waals surface area contributed by atoms with Crippen LogP contribution >= 0.6 is 0 Å². The number of benzene rings is 1. The lowest BCUT2D eigenvalue weighted by Crippen LogP contribution is -2.50. The fourth-order valence-electron chi connectivity index (χ4n) is 3.09. The van der Waals surface area contributed by atoms with Crippen molar-refractivity contribution in [3.63, 3.8) is 0 Å². The lowest BCUT2D eigenvalue weighted by Gasteiger charge is -2.33. The summed E-state index contributed by atoms with van der Waals surface area (Å²) >= 11 is 0. The SMILES string of the molecule is Cc1cccc(NC(=O)CN2CCN(S(=O)(=O)c3cnn(C)c3)CC2)c1C. The minimum Gasteiger partial charge on any atom is -0.325 e. The topological polar surface area (TPSA) is 87.5 Å². The Kier molecular flexibility index (Phi) is 5.64. The van der Waals surface area contributed by atoms with E-state index in [1.54, 1.807) is 7.05 Å². The molecule has 0 bridgehead atoms. The van der Waals surface area contributed by atoms with E-state index in [2.05, 4.69) is 10.4 Å². The molecule has 146 valence electrons. The van der Waals surface area contributed by atoms with Crippen molar-refractivity contribution in [2.24, 2.45) is 7.05 Å². The average molecular weight is 391 g/mol. The molecule has 1 aromatic heterocycles. The quantitative estimate of drug-likeness (QED) is 0.821. The Balaban J connectivity index is 1.55. The van der Waals surface area contributed by atoms with Gasteiger partial charge in [0.2, 0.25) is 15.9 Å². The Hall–Kier alpha value is -2.23. The van der Waals surface area contributed by atoms with E-state index in [0.29, 0.717) is 26.2 Å². The van der Waals surface area contributed by atoms with Crippen LogP contribution in [0.4, 0.5) is 5.69 Å². The molecule has 0 radical (unpaired) electrons. The maximum Gasteiger partial charge on any atom is 0.246 e. The van der Waals surface area contributed by atoms with Gasteiger partial charge in [0, 0.05) is 45.1 Å². The summed E-state index contributed by atoms with van der Waals surface area (Å²) in [6.07, 6.45) is 2.86. The van der Waals surface area contributed by atoms with Gasteiger partial charge in [0.25, 0.3) is 0 Å². The largest absolute Gasteiger partial charge is 0.325 e. The van der Waals surface area contributed by atoms with Crippen molar-refractivity contribution >= 4 is 21.6 Å². The second kappa shape index (κ2) is 7.79. The third kappa shape index (κ3) is 4.37. The number of nitrogens with one attached hydrogen (secondary N) is 1. The Bertz CT molecular complexity index is 930. The number of aromatic nitrogens is 2. The highest BCUT2D eigenvalue weighted by atomic mass is 32.2. The number of carbonyl (C=O) groups is 1. The van der Waals surface area contributed by atoms with Gasteiger partial charge in [-0.1, -0.05) is 12.1 Å². The maximum atomic E-state index is 12.6. The molecule has 27 heavy (non-hydrogen) atoms. The van der Waals surface area contributed by atoms with Crippen LogP contribution in [0.25, 0.3) is 0 Å². The molecule has 9 heteroatoms. The molecule has 1 aromatic carbocycles. The number of amides is 1. The minimum atomic E-state index is -3.53. The molecular formula is C18H25N5O3S. The van der Waals surface area contributed by atoms with Gasteiger partial charge in [-0.2, -0.15) is 9.40 Å². The molecule has 0 saturated carbocycles. The van der Waals surface area contributed by atoms with E-state index in [1.807, 2.05) is 36.9 Å². The summed E-state index contributed by atoms with van der Waals surface area (Å²) in [5.74, 6) is -0.0905. The first-order valence-electron chi connectivity index (χ1n) is 8.84. The number of rotatable bonds is 5. The number of sulfonamides is 1. The summed E-state index contributed by atoms with van der Waals surface area (Å²) in [5.41, 5.74) is 3.00. The van der Waals surface area contributed by atoms with Crippen LogP contribution in [-0.2, 0) is 21.9 Å². The molecule has 1 N–H and O–H groups in total. The average Bonchev–Trinajstić information content (AvgIpc) is 3.07. The van der Waals surface area contributed by atoms with Gasteiger partial charge in [0.1, 0.15) is 4.90 Å². The second-order valence-corrected chi connectivity index (χ2v) is 8.76. The van der Waals surface area contributed by atoms with Crippen molar-refractivity contribution in [3.8, 4) is 0 Å². The van der Waals surface area contributed by atoms with Crippen LogP contribution in [-0.4, -0.2) is 66.0 Å². The van der Waals surface area contributed by atoms with Gasteiger partial charge in [-0.05, 0) is 31.0 Å². The summed E-state index contributed by atoms with van der Waals surface area (Å²) in [4.78, 5) is 14.5. The van der Waals surface area contributed by atoms with Gasteiger partial charge >= 0.3 is 0 Å². The zero-order valence-electron chi connectivity index (χ0n) is 15.8. The highest BCUT2D eigenvalue weighted by Gasteiger charge is 2.30. The Morgan fingerprint density at radius 2 is 1.89 bits per heavy atom. The number of anilines is 1. The van der Waals surface area contributed by atoms with E-state index in [1.165, 1.54) is 21.4 Å². The summed E-state index contributed by atoms with van der Waals surface area (Å²) in [7, 11) is -1.84. The molecular weight excluding hydrogens is 366 g/mol. The number of hydrogen-bond acceptors (Lipinski definition) is 5. The Morgan fingerprint density at radius 1 is 1.19 bits per heavy atom. The van der Waals surface area contributed by atoms with E-state index >= 15 is 0 Å². The monoisotopic (exact) mass is 391 g/mol. The molecule has 1 aliphatic heterocycles. The molecule has 2 heterocycles. The van der Waals surface area contributed by atoms with Gasteiger partial charge in [-0.3, -0.25) is 14.4 Å². The lowest BCUT2D eigenvalue weighted by molar-refractivity contribution is -0.117. The van der Waals surface area contributed by atoms with Crippen LogP contribution in [0.1, 0.15) is 11.1 Å². The maximum absolute atomic E-state index is 12.6. The van der Waals surface area contributed by atoms with Crippen LogP contribution in [0, 0.1) is 13.8 Å². The molecule has 0 aliphatic carbocycles. The van der Waals surface area contributed by atoms with Crippen LogP contribution in [0.5, 0.6) is 0 Å². The van der Waals surface area contributed by atoms with Gasteiger partial charge in [-0.25, -0.2) is 8.42 Å². The van der Waals surface area contributed by atoms with E-state index in [-0.39, 0.29) is 17.3 Å². The lowest BCUT2D eigenvalue weighted by atomic mass is 10.1. The molecule has 1 saturated heterocycles. The predicted molar refractivity (Wildman–Crippen MR) is 103 cm³/mol. The first kappa shape index (κ1) is 19.5. The minimum absolute atomic E-state index is 0.0905. The molecule has 3 rings (SSSR count). The summed E-state index contributed by atoms with van der Waals surface area (Å²) in [5, 5.41) is 6.88. The fourth-order valence-corrected chi connectivity index (χ4v) is 4.50. The zero-order chi connectivity index (χ0) is 19.6. The number of carbonyl (C=O) groups excluding carboxylic acids is 1. The highest BCUT2D eigenvalue weighted by molar-refractivity contribution is 7.89. The van der Waals surface area contributed by atoms with Crippen LogP contribution in [0.2, 0.25) is 0 Å². The second-order valence-electron chi connectivity index (χ2n) is 6.83. The Morgan fingerprint density at radius 3 is 2.52 bits per heavy atom. The third-order valence-corrected chi connectivity index (χ3v) is 6.75. The third-order valence-electron chi connectivity index (χ3n) is 4.90. The summed E-state index contributed by atoms with van der Waals surface area (Å²) < 4.78 is 28.2. The van der Waals surface area contributed by atoms with Crippen LogP contribution < -0.4 is 5.32 Å². The van der Waals surface area contributed by atoms with Crippen LogP contribution in [0.3, 0.4) is 0 Å². The first-order valence-corrected chi connectivity index (χ1v) is 10.3. The van der Waals surface area contributed by atoms with E-state index in [4.69, 9.17) is 0 Å². The zero-order valence-corrected chi connectivity index (χ0v) is 16.7. The highest BCUT2D eigenvalue weighted by Crippen LogP contribution is 2.19. The smallest absolute Gasteiger partial charge is 0.246 e. The molecule has 1 fully saturated rings. The molecule has 1 aliphatic rings. The van der Waals surface area contributed by atoms with Crippen molar-refractivity contribution in [3.05, 3.63) is 41.7 Å². The normalized spacial score (nSPS) is 16.4. The Labute approximate surface area is 159 Å². The van der Waals surface area contributed by atoms with Crippen molar-refractivity contribution in [1.82, 2.24) is 19.0 Å². The summed E-state index contributed by atoms with van der Waals surface area (Å²) in [6.45, 7) is 5.97. The fraction of sp³-hybridized carbons (Fsp3) is 0.444. The molecule has 2 aromatic rings. The van der Waals surface area contributed by atoms with Gasteiger partial charge < -0.3 is 5.32 Å². The number of piperazine rings is 1. The summed E-state index contributed by atoms with van der Waals surface area (Å²) in [6, 6.07) is 5.81. The molecule has 0 unspecified atom stereocenters. The van der Waals surface area contributed by atoms with Gasteiger partial charge in [0.05, 0.1) is 12.7 Å². The van der Waals surface area contributed by atoms with Crippen molar-refractivity contribution < 1.29 is 13.2 Å². The van der Waals surface area contributed by atoms with Crippen LogP contribution in [0.15, 0.2) is 35.5 Å². The van der Waals surface area contributed by atoms with E-state index in [9.17, 15) is 13.2 Å². The van der Waals surface area contributed by atoms with Gasteiger partial charge in [-0.15, -0.1) is 0 Å². The molecule has 1 amide bonds. The number of aryl methyl sites for hydroxylation is 2. The van der Waals surface area contributed by atoms with E-state index < -0.39 is 10.0 Å². The molecule has 8 nitrogen and oxygen atoms in total. The number of hydrogen-bond donors (Lipinski definition) is 1. The molecule has 0 atom stereocenters. The van der Waals surface area contributed by atoms with Crippen molar-refractivity contribution in [2.45, 2.75) is 18.7 Å².